The molecule has 0 amide bonds. The van der Waals surface area contributed by atoms with Crippen molar-refractivity contribution in [3.63, 3.8) is 0 Å². The van der Waals surface area contributed by atoms with Gasteiger partial charge in [-0.15, -0.1) is 0 Å². The zero-order valence-electron chi connectivity index (χ0n) is 11.0. The Morgan fingerprint density at radius 1 is 1.32 bits per heavy atom. The summed E-state index contributed by atoms with van der Waals surface area (Å²) in [5.74, 6) is -3.11. The van der Waals surface area contributed by atoms with Gasteiger partial charge in [-0.05, 0) is 18.4 Å². The van der Waals surface area contributed by atoms with Gasteiger partial charge in [-0.2, -0.15) is 0 Å². The molecule has 1 aromatic carbocycles. The van der Waals surface area contributed by atoms with Gasteiger partial charge in [0.15, 0.2) is 5.79 Å². The van der Waals surface area contributed by atoms with Crippen LogP contribution in [0.25, 0.3) is 0 Å². The first-order valence-corrected chi connectivity index (χ1v) is 6.30. The molecule has 19 heavy (non-hydrogen) atoms. The van der Waals surface area contributed by atoms with Crippen LogP contribution < -0.4 is 0 Å². The van der Waals surface area contributed by atoms with E-state index in [1.165, 1.54) is 6.08 Å². The Hall–Kier alpha value is -1.65. The summed E-state index contributed by atoms with van der Waals surface area (Å²) in [7, 11) is 0. The topological polar surface area (TPSA) is 77.8 Å². The maximum absolute atomic E-state index is 10.3. The van der Waals surface area contributed by atoms with Crippen LogP contribution >= 0.6 is 0 Å². The van der Waals surface area contributed by atoms with Gasteiger partial charge in [-0.1, -0.05) is 43.3 Å². The predicted octanol–water partition coefficient (Wildman–Crippen LogP) is 1.97. The molecule has 0 bridgehead atoms. The predicted molar refractivity (Wildman–Crippen MR) is 72.5 cm³/mol. The van der Waals surface area contributed by atoms with Crippen molar-refractivity contribution < 1.29 is 20.1 Å². The second-order valence-corrected chi connectivity index (χ2v) is 4.76. The standard InChI is InChI=1S/C15H20O4/c1-12(7-5-6-10-14(16)17)15(18,19)11-13-8-3-2-4-9-13/h2-4,6,8-10,12,18-19H,5,7,11H2,1H3,(H,16,17). The van der Waals surface area contributed by atoms with E-state index in [9.17, 15) is 15.0 Å². The van der Waals surface area contributed by atoms with E-state index < -0.39 is 11.8 Å². The molecule has 4 nitrogen and oxygen atoms in total. The van der Waals surface area contributed by atoms with Gasteiger partial charge in [0, 0.05) is 18.4 Å². The molecule has 0 heterocycles. The molecular weight excluding hydrogens is 244 g/mol. The van der Waals surface area contributed by atoms with E-state index in [4.69, 9.17) is 5.11 Å². The van der Waals surface area contributed by atoms with Crippen molar-refractivity contribution in [1.82, 2.24) is 0 Å². The highest BCUT2D eigenvalue weighted by molar-refractivity contribution is 5.79. The highest BCUT2D eigenvalue weighted by Gasteiger charge is 2.30. The monoisotopic (exact) mass is 264 g/mol. The van der Waals surface area contributed by atoms with E-state index in [1.807, 2.05) is 30.3 Å². The summed E-state index contributed by atoms with van der Waals surface area (Å²) in [6, 6.07) is 9.27. The normalized spacial score (nSPS) is 13.6. The van der Waals surface area contributed by atoms with Gasteiger partial charge in [-0.25, -0.2) is 4.79 Å². The first-order chi connectivity index (χ1) is 8.92. The number of carboxylic acids is 1. The summed E-state index contributed by atoms with van der Waals surface area (Å²) in [5, 5.41) is 28.6. The molecule has 0 saturated carbocycles. The lowest BCUT2D eigenvalue weighted by atomic mass is 9.90. The molecule has 0 saturated heterocycles. The summed E-state index contributed by atoms with van der Waals surface area (Å²) in [6.45, 7) is 1.75. The Morgan fingerprint density at radius 3 is 2.53 bits per heavy atom. The Morgan fingerprint density at radius 2 is 1.95 bits per heavy atom. The van der Waals surface area contributed by atoms with Crippen molar-refractivity contribution >= 4 is 5.97 Å². The minimum atomic E-state index is -1.78. The molecule has 0 aliphatic rings. The number of carboxylic acid groups (broad SMARTS) is 1. The third kappa shape index (κ3) is 5.68. The van der Waals surface area contributed by atoms with Gasteiger partial charge in [0.25, 0.3) is 0 Å². The largest absolute Gasteiger partial charge is 0.478 e. The fourth-order valence-corrected chi connectivity index (χ4v) is 1.83. The van der Waals surface area contributed by atoms with E-state index in [-0.39, 0.29) is 12.3 Å². The average Bonchev–Trinajstić information content (AvgIpc) is 2.34. The van der Waals surface area contributed by atoms with Crippen molar-refractivity contribution in [2.45, 2.75) is 32.0 Å². The molecule has 1 atom stereocenters. The third-order valence-corrected chi connectivity index (χ3v) is 3.12. The summed E-state index contributed by atoms with van der Waals surface area (Å²) < 4.78 is 0. The molecule has 1 rings (SSSR count). The van der Waals surface area contributed by atoms with Crippen LogP contribution in [0.4, 0.5) is 0 Å². The molecule has 0 aromatic heterocycles. The molecular formula is C15H20O4. The number of allylic oxidation sites excluding steroid dienone is 1. The van der Waals surface area contributed by atoms with Gasteiger partial charge >= 0.3 is 5.97 Å². The molecule has 0 radical (unpaired) electrons. The van der Waals surface area contributed by atoms with Crippen LogP contribution in [-0.2, 0) is 11.2 Å². The number of aliphatic carboxylic acids is 1. The summed E-state index contributed by atoms with van der Waals surface area (Å²) in [5.41, 5.74) is 0.862. The fourth-order valence-electron chi connectivity index (χ4n) is 1.83. The zero-order chi connectivity index (χ0) is 14.3. The first-order valence-electron chi connectivity index (χ1n) is 6.30. The number of hydrogen-bond donors (Lipinski definition) is 3. The number of rotatable bonds is 7. The Balaban J connectivity index is 2.49. The average molecular weight is 264 g/mol. The number of carbonyl (C=O) groups is 1. The van der Waals surface area contributed by atoms with Crippen LogP contribution in [0.5, 0.6) is 0 Å². The van der Waals surface area contributed by atoms with E-state index in [0.29, 0.717) is 12.8 Å². The van der Waals surface area contributed by atoms with Crippen LogP contribution in [0, 0.1) is 5.92 Å². The molecule has 104 valence electrons. The maximum Gasteiger partial charge on any atom is 0.327 e. The van der Waals surface area contributed by atoms with E-state index >= 15 is 0 Å². The number of aliphatic hydroxyl groups is 2. The molecule has 0 aliphatic heterocycles. The Labute approximate surface area is 113 Å². The molecule has 1 aromatic rings. The lowest BCUT2D eigenvalue weighted by Crippen LogP contribution is -2.38. The highest BCUT2D eigenvalue weighted by atomic mass is 16.5. The van der Waals surface area contributed by atoms with Gasteiger partial charge in [-0.3, -0.25) is 0 Å². The molecule has 0 aliphatic carbocycles. The zero-order valence-corrected chi connectivity index (χ0v) is 11.0. The Bertz CT molecular complexity index is 423. The fraction of sp³-hybridized carbons (Fsp3) is 0.400. The maximum atomic E-state index is 10.3. The van der Waals surface area contributed by atoms with Crippen molar-refractivity contribution in [1.29, 1.82) is 0 Å². The summed E-state index contributed by atoms with van der Waals surface area (Å²) in [6.07, 6.45) is 3.78. The van der Waals surface area contributed by atoms with E-state index in [0.717, 1.165) is 11.6 Å². The Kier molecular flexibility index (Phi) is 5.73. The molecule has 0 spiro atoms. The summed E-state index contributed by atoms with van der Waals surface area (Å²) in [4.78, 5) is 10.3. The lowest BCUT2D eigenvalue weighted by molar-refractivity contribution is -0.195. The van der Waals surface area contributed by atoms with Crippen LogP contribution in [0.1, 0.15) is 25.3 Å². The van der Waals surface area contributed by atoms with Gasteiger partial charge in [0.2, 0.25) is 0 Å². The van der Waals surface area contributed by atoms with Crippen molar-refractivity contribution in [2.24, 2.45) is 5.92 Å². The first kappa shape index (κ1) is 15.4. The van der Waals surface area contributed by atoms with Crippen LogP contribution in [0.2, 0.25) is 0 Å². The van der Waals surface area contributed by atoms with Crippen LogP contribution in [0.15, 0.2) is 42.5 Å². The molecule has 3 N–H and O–H groups in total. The van der Waals surface area contributed by atoms with E-state index in [1.54, 1.807) is 6.92 Å². The lowest BCUT2D eigenvalue weighted by Gasteiger charge is -2.28. The molecule has 1 unspecified atom stereocenters. The van der Waals surface area contributed by atoms with Crippen molar-refractivity contribution in [3.05, 3.63) is 48.0 Å². The minimum Gasteiger partial charge on any atom is -0.478 e. The van der Waals surface area contributed by atoms with Gasteiger partial charge in [0.1, 0.15) is 0 Å². The van der Waals surface area contributed by atoms with Gasteiger partial charge < -0.3 is 15.3 Å². The van der Waals surface area contributed by atoms with Crippen LogP contribution in [-0.4, -0.2) is 27.1 Å². The van der Waals surface area contributed by atoms with Crippen molar-refractivity contribution in [3.8, 4) is 0 Å². The third-order valence-electron chi connectivity index (χ3n) is 3.12. The molecule has 4 heteroatoms. The minimum absolute atomic E-state index is 0.164. The quantitative estimate of drug-likeness (QED) is 0.519. The number of benzene rings is 1. The number of hydrogen-bond acceptors (Lipinski definition) is 3. The van der Waals surface area contributed by atoms with E-state index in [2.05, 4.69) is 0 Å². The van der Waals surface area contributed by atoms with Gasteiger partial charge in [0.05, 0.1) is 0 Å². The highest BCUT2D eigenvalue weighted by Crippen LogP contribution is 2.23. The van der Waals surface area contributed by atoms with Crippen LogP contribution in [0.3, 0.4) is 0 Å². The summed E-state index contributed by atoms with van der Waals surface area (Å²) >= 11 is 0. The van der Waals surface area contributed by atoms with Crippen molar-refractivity contribution in [2.75, 3.05) is 0 Å². The smallest absolute Gasteiger partial charge is 0.327 e. The SMILES string of the molecule is CC(CCC=CC(=O)O)C(O)(O)Cc1ccccc1. The second-order valence-electron chi connectivity index (χ2n) is 4.76. The molecule has 0 fully saturated rings. The second kappa shape index (κ2) is 7.07.